The van der Waals surface area contributed by atoms with Crippen LogP contribution in [0.5, 0.6) is 0 Å². The maximum Gasteiger partial charge on any atom is 0.309 e. The number of carboxylic acid groups (broad SMARTS) is 1. The number of benzene rings is 1. The minimum atomic E-state index is -1.10. The standard InChI is InChI=1S/C10H6ClFN2O2/c11-10-13-6-3-1-2-5(12)9(6)7(14-10)4-8(15)16/h1-3H,4H2,(H,15,16). The number of nitrogens with zero attached hydrogens (tertiary/aromatic N) is 2. The summed E-state index contributed by atoms with van der Waals surface area (Å²) in [6.07, 6.45) is -0.389. The average Bonchev–Trinajstić information content (AvgIpc) is 2.15. The smallest absolute Gasteiger partial charge is 0.309 e. The second kappa shape index (κ2) is 4.02. The molecule has 1 aromatic carbocycles. The molecule has 1 N–H and O–H groups in total. The van der Waals surface area contributed by atoms with E-state index >= 15 is 0 Å². The third-order valence-corrected chi connectivity index (χ3v) is 2.21. The number of carbonyl (C=O) groups is 1. The lowest BCUT2D eigenvalue weighted by Crippen LogP contribution is -2.05. The molecule has 16 heavy (non-hydrogen) atoms. The molecule has 0 fully saturated rings. The molecule has 4 nitrogen and oxygen atoms in total. The van der Waals surface area contributed by atoms with Crippen molar-refractivity contribution in [1.82, 2.24) is 9.97 Å². The minimum absolute atomic E-state index is 0.0839. The van der Waals surface area contributed by atoms with Crippen molar-refractivity contribution in [2.24, 2.45) is 0 Å². The van der Waals surface area contributed by atoms with E-state index in [1.807, 2.05) is 0 Å². The normalized spacial score (nSPS) is 10.6. The van der Waals surface area contributed by atoms with Crippen LogP contribution in [0.2, 0.25) is 5.28 Å². The van der Waals surface area contributed by atoms with Crippen molar-refractivity contribution >= 4 is 28.5 Å². The summed E-state index contributed by atoms with van der Waals surface area (Å²) in [6, 6.07) is 4.26. The molecule has 2 rings (SSSR count). The van der Waals surface area contributed by atoms with Crippen molar-refractivity contribution in [3.63, 3.8) is 0 Å². The number of aromatic nitrogens is 2. The lowest BCUT2D eigenvalue weighted by Gasteiger charge is -2.04. The first kappa shape index (κ1) is 10.8. The molecule has 0 aliphatic heterocycles. The van der Waals surface area contributed by atoms with Crippen LogP contribution in [0.4, 0.5) is 4.39 Å². The molecule has 1 heterocycles. The van der Waals surface area contributed by atoms with Gasteiger partial charge in [-0.25, -0.2) is 14.4 Å². The van der Waals surface area contributed by atoms with Gasteiger partial charge in [0, 0.05) is 0 Å². The first-order valence-corrected chi connectivity index (χ1v) is 4.78. The Kier molecular flexibility index (Phi) is 2.70. The second-order valence-corrected chi connectivity index (χ2v) is 3.48. The molecule has 0 saturated heterocycles. The highest BCUT2D eigenvalue weighted by molar-refractivity contribution is 6.28. The van der Waals surface area contributed by atoms with Crippen molar-refractivity contribution in [1.29, 1.82) is 0 Å². The molecule has 6 heteroatoms. The molecule has 0 aliphatic rings. The molecular weight excluding hydrogens is 235 g/mol. The molecule has 1 aromatic heterocycles. The van der Waals surface area contributed by atoms with Crippen LogP contribution in [0.15, 0.2) is 18.2 Å². The van der Waals surface area contributed by atoms with Gasteiger partial charge in [0.2, 0.25) is 5.28 Å². The highest BCUT2D eigenvalue weighted by atomic mass is 35.5. The Hall–Kier alpha value is -1.75. The van der Waals surface area contributed by atoms with Gasteiger partial charge in [0.1, 0.15) is 5.82 Å². The van der Waals surface area contributed by atoms with E-state index in [4.69, 9.17) is 16.7 Å². The number of rotatable bonds is 2. The van der Waals surface area contributed by atoms with Crippen LogP contribution >= 0.6 is 11.6 Å². The van der Waals surface area contributed by atoms with Gasteiger partial charge >= 0.3 is 5.97 Å². The Labute approximate surface area is 94.7 Å². The van der Waals surface area contributed by atoms with E-state index in [-0.39, 0.29) is 22.8 Å². The summed E-state index contributed by atoms with van der Waals surface area (Å²) in [5.74, 6) is -1.65. The van der Waals surface area contributed by atoms with Crippen molar-refractivity contribution in [3.05, 3.63) is 35.0 Å². The Balaban J connectivity index is 2.74. The SMILES string of the molecule is O=C(O)Cc1nc(Cl)nc2cccc(F)c12. The fourth-order valence-corrected chi connectivity index (χ4v) is 1.65. The molecule has 2 aromatic rings. The van der Waals surface area contributed by atoms with Crippen LogP contribution in [0.3, 0.4) is 0 Å². The van der Waals surface area contributed by atoms with Crippen LogP contribution in [0.1, 0.15) is 5.69 Å². The molecular formula is C10H6ClFN2O2. The van der Waals surface area contributed by atoms with E-state index in [2.05, 4.69) is 9.97 Å². The van der Waals surface area contributed by atoms with Gasteiger partial charge in [0.15, 0.2) is 0 Å². The summed E-state index contributed by atoms with van der Waals surface area (Å²) in [5, 5.41) is 8.70. The van der Waals surface area contributed by atoms with Crippen LogP contribution < -0.4 is 0 Å². The molecule has 82 valence electrons. The molecule has 0 amide bonds. The second-order valence-electron chi connectivity index (χ2n) is 3.14. The first-order chi connectivity index (χ1) is 7.58. The molecule has 0 saturated carbocycles. The Bertz CT molecular complexity index is 574. The Morgan fingerprint density at radius 2 is 2.19 bits per heavy atom. The third-order valence-electron chi connectivity index (χ3n) is 2.04. The quantitative estimate of drug-likeness (QED) is 0.816. The summed E-state index contributed by atoms with van der Waals surface area (Å²) < 4.78 is 13.5. The Morgan fingerprint density at radius 1 is 1.44 bits per heavy atom. The summed E-state index contributed by atoms with van der Waals surface area (Å²) in [6.45, 7) is 0. The van der Waals surface area contributed by atoms with E-state index in [1.165, 1.54) is 12.1 Å². The van der Waals surface area contributed by atoms with Gasteiger partial charge in [-0.3, -0.25) is 4.79 Å². The number of hydrogen-bond donors (Lipinski definition) is 1. The lowest BCUT2D eigenvalue weighted by molar-refractivity contribution is -0.136. The first-order valence-electron chi connectivity index (χ1n) is 4.40. The summed E-state index contributed by atoms with van der Waals surface area (Å²) >= 11 is 5.62. The zero-order chi connectivity index (χ0) is 11.7. The molecule has 0 radical (unpaired) electrons. The maximum absolute atomic E-state index is 13.5. The van der Waals surface area contributed by atoms with Crippen LogP contribution in [0, 0.1) is 5.82 Å². The number of carboxylic acids is 1. The highest BCUT2D eigenvalue weighted by Crippen LogP contribution is 2.21. The maximum atomic E-state index is 13.5. The number of halogens is 2. The van der Waals surface area contributed by atoms with Crippen molar-refractivity contribution in [2.45, 2.75) is 6.42 Å². The van der Waals surface area contributed by atoms with E-state index in [0.29, 0.717) is 5.52 Å². The van der Waals surface area contributed by atoms with Gasteiger partial charge < -0.3 is 5.11 Å². The third kappa shape index (κ3) is 1.94. The van der Waals surface area contributed by atoms with Crippen molar-refractivity contribution in [3.8, 4) is 0 Å². The molecule has 0 unspecified atom stereocenters. The predicted molar refractivity (Wildman–Crippen MR) is 55.8 cm³/mol. The van der Waals surface area contributed by atoms with Gasteiger partial charge in [0.25, 0.3) is 0 Å². The number of fused-ring (bicyclic) bond motifs is 1. The summed E-state index contributed by atoms with van der Waals surface area (Å²) in [4.78, 5) is 18.2. The van der Waals surface area contributed by atoms with Crippen molar-refractivity contribution in [2.75, 3.05) is 0 Å². The van der Waals surface area contributed by atoms with Gasteiger partial charge in [-0.1, -0.05) is 6.07 Å². The fraction of sp³-hybridized carbons (Fsp3) is 0.100. The fourth-order valence-electron chi connectivity index (χ4n) is 1.45. The molecule has 0 atom stereocenters. The monoisotopic (exact) mass is 240 g/mol. The highest BCUT2D eigenvalue weighted by Gasteiger charge is 2.13. The average molecular weight is 241 g/mol. The largest absolute Gasteiger partial charge is 0.481 e. The number of hydrogen-bond acceptors (Lipinski definition) is 3. The molecule has 0 aliphatic carbocycles. The van der Waals surface area contributed by atoms with Crippen molar-refractivity contribution < 1.29 is 14.3 Å². The molecule has 0 bridgehead atoms. The zero-order valence-corrected chi connectivity index (χ0v) is 8.70. The van der Waals surface area contributed by atoms with E-state index < -0.39 is 11.8 Å². The van der Waals surface area contributed by atoms with Gasteiger partial charge in [-0.2, -0.15) is 0 Å². The minimum Gasteiger partial charge on any atom is -0.481 e. The lowest BCUT2D eigenvalue weighted by atomic mass is 10.1. The van der Waals surface area contributed by atoms with Crippen LogP contribution in [0.25, 0.3) is 10.9 Å². The topological polar surface area (TPSA) is 63.1 Å². The predicted octanol–water partition coefficient (Wildman–Crippen LogP) is 2.05. The van der Waals surface area contributed by atoms with Gasteiger partial charge in [0.05, 0.1) is 23.0 Å². The Morgan fingerprint density at radius 3 is 2.88 bits per heavy atom. The summed E-state index contributed by atoms with van der Waals surface area (Å²) in [5.41, 5.74) is 0.386. The van der Waals surface area contributed by atoms with E-state index in [1.54, 1.807) is 6.07 Å². The van der Waals surface area contributed by atoms with Crippen LogP contribution in [-0.4, -0.2) is 21.0 Å². The zero-order valence-electron chi connectivity index (χ0n) is 7.94. The van der Waals surface area contributed by atoms with Gasteiger partial charge in [-0.05, 0) is 23.7 Å². The van der Waals surface area contributed by atoms with E-state index in [0.717, 1.165) is 0 Å². The van der Waals surface area contributed by atoms with Gasteiger partial charge in [-0.15, -0.1) is 0 Å². The summed E-state index contributed by atoms with van der Waals surface area (Å²) in [7, 11) is 0. The number of aliphatic carboxylic acids is 1. The van der Waals surface area contributed by atoms with Crippen LogP contribution in [-0.2, 0) is 11.2 Å². The van der Waals surface area contributed by atoms with E-state index in [9.17, 15) is 9.18 Å². The molecule has 0 spiro atoms.